The fraction of sp³-hybridized carbons (Fsp3) is 0.138. The van der Waals surface area contributed by atoms with Crippen LogP contribution in [0.15, 0.2) is 97.7 Å². The lowest BCUT2D eigenvalue weighted by Gasteiger charge is -2.21. The third kappa shape index (κ3) is 6.29. The molecule has 0 radical (unpaired) electrons. The summed E-state index contributed by atoms with van der Waals surface area (Å²) >= 11 is 6.04. The summed E-state index contributed by atoms with van der Waals surface area (Å²) in [6.45, 7) is 5.90. The van der Waals surface area contributed by atoms with E-state index in [1.807, 2.05) is 84.4 Å². The fourth-order valence-corrected chi connectivity index (χ4v) is 3.89. The van der Waals surface area contributed by atoms with E-state index in [2.05, 4.69) is 16.9 Å². The van der Waals surface area contributed by atoms with E-state index < -0.39 is 0 Å². The maximum absolute atomic E-state index is 13.1. The summed E-state index contributed by atoms with van der Waals surface area (Å²) in [5, 5.41) is 3.52. The van der Waals surface area contributed by atoms with Crippen molar-refractivity contribution in [2.75, 3.05) is 18.4 Å². The van der Waals surface area contributed by atoms with Crippen LogP contribution in [0.1, 0.15) is 11.1 Å². The number of aryl methyl sites for hydroxylation is 1. The Morgan fingerprint density at radius 3 is 2.39 bits per heavy atom. The molecule has 1 N–H and O–H groups in total. The van der Waals surface area contributed by atoms with Gasteiger partial charge in [-0.25, -0.2) is 4.98 Å². The molecule has 0 aliphatic carbocycles. The monoisotopic (exact) mass is 498 g/mol. The number of amides is 2. The molecule has 4 aromatic rings. The van der Waals surface area contributed by atoms with Crippen LogP contribution in [-0.2, 0) is 16.0 Å². The molecule has 0 bridgehead atoms. The number of carbonyl (C=O) groups is 2. The third-order valence-corrected chi connectivity index (χ3v) is 5.90. The Bertz CT molecular complexity index is 1350. The maximum atomic E-state index is 13.1. The molecule has 1 heterocycles. The highest BCUT2D eigenvalue weighted by atomic mass is 35.5. The largest absolute Gasteiger partial charge is 0.329 e. The Morgan fingerprint density at radius 1 is 1.03 bits per heavy atom. The van der Waals surface area contributed by atoms with Crippen LogP contribution in [0.4, 0.5) is 5.95 Å². The van der Waals surface area contributed by atoms with Crippen molar-refractivity contribution < 1.29 is 9.59 Å². The van der Waals surface area contributed by atoms with Gasteiger partial charge in [0.15, 0.2) is 0 Å². The molecular formula is C29H27ClN4O2. The summed E-state index contributed by atoms with van der Waals surface area (Å²) in [7, 11) is 0. The number of nitrogens with zero attached hydrogens (tertiary/aromatic N) is 3. The molecule has 0 aliphatic heterocycles. The highest BCUT2D eigenvalue weighted by Crippen LogP contribution is 2.26. The minimum Gasteiger partial charge on any atom is -0.329 e. The van der Waals surface area contributed by atoms with Crippen LogP contribution in [0, 0.1) is 6.92 Å². The molecule has 2 amide bonds. The fourth-order valence-electron chi connectivity index (χ4n) is 3.76. The zero-order valence-corrected chi connectivity index (χ0v) is 20.8. The Balaban J connectivity index is 1.57. The maximum Gasteiger partial charge on any atom is 0.246 e. The van der Waals surface area contributed by atoms with Gasteiger partial charge in [-0.15, -0.1) is 6.58 Å². The van der Waals surface area contributed by atoms with Crippen molar-refractivity contribution in [1.82, 2.24) is 14.5 Å². The first kappa shape index (κ1) is 24.9. The van der Waals surface area contributed by atoms with Crippen LogP contribution in [0.5, 0.6) is 0 Å². The predicted octanol–water partition coefficient (Wildman–Crippen LogP) is 5.70. The Labute approximate surface area is 215 Å². The number of imidazole rings is 1. The third-order valence-electron chi connectivity index (χ3n) is 5.64. The number of carbonyl (C=O) groups excluding carboxylic acids is 2. The summed E-state index contributed by atoms with van der Waals surface area (Å²) in [5.74, 6) is -0.136. The number of halogens is 1. The zero-order chi connectivity index (χ0) is 25.5. The van der Waals surface area contributed by atoms with Gasteiger partial charge in [0.25, 0.3) is 0 Å². The van der Waals surface area contributed by atoms with Gasteiger partial charge in [-0.05, 0) is 36.8 Å². The van der Waals surface area contributed by atoms with Gasteiger partial charge in [0.05, 0.1) is 12.1 Å². The lowest BCUT2D eigenvalue weighted by Crippen LogP contribution is -2.39. The normalized spacial score (nSPS) is 10.6. The summed E-state index contributed by atoms with van der Waals surface area (Å²) in [4.78, 5) is 32.1. The minimum absolute atomic E-state index is 0.116. The first-order chi connectivity index (χ1) is 17.4. The first-order valence-electron chi connectivity index (χ1n) is 11.6. The molecule has 0 atom stereocenters. The first-order valence-corrected chi connectivity index (χ1v) is 12.0. The van der Waals surface area contributed by atoms with Gasteiger partial charge in [-0.3, -0.25) is 19.5 Å². The molecule has 3 aromatic carbocycles. The number of nitrogens with one attached hydrogen (secondary N) is 1. The zero-order valence-electron chi connectivity index (χ0n) is 20.0. The van der Waals surface area contributed by atoms with E-state index >= 15 is 0 Å². The van der Waals surface area contributed by atoms with Gasteiger partial charge in [-0.1, -0.05) is 77.8 Å². The van der Waals surface area contributed by atoms with Gasteiger partial charge in [0.2, 0.25) is 17.8 Å². The van der Waals surface area contributed by atoms with Crippen molar-refractivity contribution in [3.63, 3.8) is 0 Å². The van der Waals surface area contributed by atoms with Gasteiger partial charge < -0.3 is 4.90 Å². The average Bonchev–Trinajstić information content (AvgIpc) is 3.28. The summed E-state index contributed by atoms with van der Waals surface area (Å²) in [5.41, 5.74) is 4.42. The topological polar surface area (TPSA) is 67.2 Å². The number of aromatic nitrogens is 2. The minimum atomic E-state index is -0.347. The van der Waals surface area contributed by atoms with Crippen molar-refractivity contribution in [3.8, 4) is 16.9 Å². The molecule has 6 nitrogen and oxygen atoms in total. The number of anilines is 1. The Morgan fingerprint density at radius 2 is 1.72 bits per heavy atom. The number of benzene rings is 3. The standard InChI is InChI=1S/C29H27ClN4O2/c1-3-17-33(28(36)18-22-7-5-4-6-8-22)20-27(35)32-29-31-26(23-11-13-24(30)14-12-23)19-34(29)25-15-9-21(2)10-16-25/h3-16,19H,1,17-18,20H2,2H3,(H,31,32,35). The summed E-state index contributed by atoms with van der Waals surface area (Å²) in [6, 6.07) is 24.7. The molecule has 4 rings (SSSR count). The lowest BCUT2D eigenvalue weighted by atomic mass is 10.1. The molecule has 0 aliphatic rings. The molecule has 7 heteroatoms. The van der Waals surface area contributed by atoms with Crippen LogP contribution in [0.25, 0.3) is 16.9 Å². The molecule has 182 valence electrons. The van der Waals surface area contributed by atoms with Crippen LogP contribution < -0.4 is 5.32 Å². The van der Waals surface area contributed by atoms with E-state index in [9.17, 15) is 9.59 Å². The molecule has 0 unspecified atom stereocenters. The van der Waals surface area contributed by atoms with Gasteiger partial charge in [0.1, 0.15) is 6.54 Å². The number of hydrogen-bond acceptors (Lipinski definition) is 3. The Kier molecular flexibility index (Phi) is 7.98. The molecule has 36 heavy (non-hydrogen) atoms. The van der Waals surface area contributed by atoms with Crippen molar-refractivity contribution in [1.29, 1.82) is 0 Å². The average molecular weight is 499 g/mol. The SMILES string of the molecule is C=CCN(CC(=O)Nc1nc(-c2ccc(Cl)cc2)cn1-c1ccc(C)cc1)C(=O)Cc1ccccc1. The van der Waals surface area contributed by atoms with E-state index in [1.54, 1.807) is 18.2 Å². The highest BCUT2D eigenvalue weighted by molar-refractivity contribution is 6.30. The predicted molar refractivity (Wildman–Crippen MR) is 144 cm³/mol. The van der Waals surface area contributed by atoms with E-state index in [0.717, 1.165) is 22.4 Å². The van der Waals surface area contributed by atoms with E-state index in [0.29, 0.717) is 16.7 Å². The van der Waals surface area contributed by atoms with E-state index in [1.165, 1.54) is 4.90 Å². The molecular weight excluding hydrogens is 472 g/mol. The molecule has 0 saturated carbocycles. The molecule has 0 saturated heterocycles. The summed E-state index contributed by atoms with van der Waals surface area (Å²) in [6.07, 6.45) is 3.69. The van der Waals surface area contributed by atoms with E-state index in [-0.39, 0.29) is 31.3 Å². The van der Waals surface area contributed by atoms with Crippen LogP contribution >= 0.6 is 11.6 Å². The van der Waals surface area contributed by atoms with Gasteiger partial charge in [0, 0.05) is 29.0 Å². The molecule has 0 spiro atoms. The van der Waals surface area contributed by atoms with Crippen molar-refractivity contribution >= 4 is 29.4 Å². The van der Waals surface area contributed by atoms with Crippen molar-refractivity contribution in [3.05, 3.63) is 114 Å². The smallest absolute Gasteiger partial charge is 0.246 e. The second kappa shape index (κ2) is 11.5. The van der Waals surface area contributed by atoms with Crippen LogP contribution in [0.2, 0.25) is 5.02 Å². The van der Waals surface area contributed by atoms with Crippen molar-refractivity contribution in [2.45, 2.75) is 13.3 Å². The van der Waals surface area contributed by atoms with Crippen LogP contribution in [0.3, 0.4) is 0 Å². The second-order valence-electron chi connectivity index (χ2n) is 8.44. The molecule has 1 aromatic heterocycles. The Hall–Kier alpha value is -4.16. The number of hydrogen-bond donors (Lipinski definition) is 1. The van der Waals surface area contributed by atoms with Crippen LogP contribution in [-0.4, -0.2) is 39.4 Å². The quantitative estimate of drug-likeness (QED) is 0.301. The number of rotatable bonds is 9. The van der Waals surface area contributed by atoms with Gasteiger partial charge in [-0.2, -0.15) is 0 Å². The van der Waals surface area contributed by atoms with Crippen molar-refractivity contribution in [2.24, 2.45) is 0 Å². The second-order valence-corrected chi connectivity index (χ2v) is 8.87. The van der Waals surface area contributed by atoms with E-state index in [4.69, 9.17) is 11.6 Å². The molecule has 0 fully saturated rings. The summed E-state index contributed by atoms with van der Waals surface area (Å²) < 4.78 is 1.82. The lowest BCUT2D eigenvalue weighted by molar-refractivity contribution is -0.133. The van der Waals surface area contributed by atoms with Gasteiger partial charge >= 0.3 is 0 Å². The highest BCUT2D eigenvalue weighted by Gasteiger charge is 2.19.